The summed E-state index contributed by atoms with van der Waals surface area (Å²) in [6.07, 6.45) is 0. The maximum atomic E-state index is 12.4. The summed E-state index contributed by atoms with van der Waals surface area (Å²) in [6.45, 7) is 4.02. The van der Waals surface area contributed by atoms with Crippen molar-refractivity contribution in [2.45, 2.75) is 19.3 Å². The van der Waals surface area contributed by atoms with Crippen molar-refractivity contribution >= 4 is 44.4 Å². The topological polar surface area (TPSA) is 17.1 Å². The number of ketones is 1. The molecule has 0 spiro atoms. The monoisotopic (exact) mass is 312 g/mol. The van der Waals surface area contributed by atoms with Crippen molar-refractivity contribution in [3.63, 3.8) is 0 Å². The van der Waals surface area contributed by atoms with Crippen molar-refractivity contribution < 1.29 is 4.79 Å². The Bertz CT molecular complexity index is 592. The molecular weight excluding hydrogens is 304 g/mol. The van der Waals surface area contributed by atoms with Gasteiger partial charge in [-0.3, -0.25) is 4.79 Å². The highest BCUT2D eigenvalue weighted by molar-refractivity contribution is 9.11. The normalized spacial score (nSPS) is 17.1. The maximum Gasteiger partial charge on any atom is 0.174 e. The average Bonchev–Trinajstić information content (AvgIpc) is 2.80. The maximum absolute atomic E-state index is 12.4. The fourth-order valence-electron chi connectivity index (χ4n) is 2.12. The van der Waals surface area contributed by atoms with Crippen LogP contribution in [-0.2, 0) is 5.41 Å². The van der Waals surface area contributed by atoms with Crippen LogP contribution in [0.5, 0.6) is 0 Å². The van der Waals surface area contributed by atoms with Crippen LogP contribution in [0.3, 0.4) is 0 Å². The van der Waals surface area contributed by atoms with Crippen LogP contribution in [0.25, 0.3) is 9.75 Å². The van der Waals surface area contributed by atoms with Crippen molar-refractivity contribution in [3.05, 3.63) is 32.4 Å². The van der Waals surface area contributed by atoms with Gasteiger partial charge in [0.1, 0.15) is 0 Å². The molecule has 82 valence electrons. The zero-order chi connectivity index (χ0) is 11.5. The molecule has 0 N–H and O–H groups in total. The van der Waals surface area contributed by atoms with Gasteiger partial charge in [-0.15, -0.1) is 22.7 Å². The predicted octanol–water partition coefficient (Wildman–Crippen LogP) is 4.71. The minimum atomic E-state index is -0.397. The highest BCUT2D eigenvalue weighted by Gasteiger charge is 2.40. The van der Waals surface area contributed by atoms with Gasteiger partial charge in [-0.1, -0.05) is 0 Å². The predicted molar refractivity (Wildman–Crippen MR) is 72.7 cm³/mol. The van der Waals surface area contributed by atoms with Gasteiger partial charge in [-0.05, 0) is 52.9 Å². The third kappa shape index (κ3) is 1.24. The lowest BCUT2D eigenvalue weighted by Gasteiger charge is -2.28. The molecule has 0 atom stereocenters. The Morgan fingerprint density at radius 2 is 2.06 bits per heavy atom. The van der Waals surface area contributed by atoms with Crippen molar-refractivity contribution in [2.24, 2.45) is 0 Å². The van der Waals surface area contributed by atoms with Crippen molar-refractivity contribution in [1.29, 1.82) is 0 Å². The molecule has 0 unspecified atom stereocenters. The Hall–Kier alpha value is -0.450. The third-order valence-corrected chi connectivity index (χ3v) is 5.78. The van der Waals surface area contributed by atoms with Crippen LogP contribution < -0.4 is 0 Å². The van der Waals surface area contributed by atoms with Crippen molar-refractivity contribution in [2.75, 3.05) is 0 Å². The molecule has 0 amide bonds. The molecule has 0 radical (unpaired) electrons. The first-order valence-corrected chi connectivity index (χ1v) is 7.43. The summed E-state index contributed by atoms with van der Waals surface area (Å²) < 4.78 is 1.10. The van der Waals surface area contributed by atoms with Gasteiger partial charge >= 0.3 is 0 Å². The van der Waals surface area contributed by atoms with Gasteiger partial charge in [0.25, 0.3) is 0 Å². The van der Waals surface area contributed by atoms with Crippen molar-refractivity contribution in [3.8, 4) is 9.75 Å². The second-order valence-electron chi connectivity index (χ2n) is 4.41. The Labute approximate surface area is 110 Å². The summed E-state index contributed by atoms with van der Waals surface area (Å²) in [5.74, 6) is 0.238. The Morgan fingerprint density at radius 3 is 2.81 bits per heavy atom. The molecule has 3 rings (SSSR count). The fourth-order valence-corrected chi connectivity index (χ4v) is 4.94. The van der Waals surface area contributed by atoms with Gasteiger partial charge in [-0.25, -0.2) is 0 Å². The van der Waals surface area contributed by atoms with E-state index < -0.39 is 5.41 Å². The summed E-state index contributed by atoms with van der Waals surface area (Å²) in [7, 11) is 0. The number of Topliss-reactive ketones (excluding diaryl/α,β-unsaturated/α-hetero) is 1. The van der Waals surface area contributed by atoms with Crippen LogP contribution in [0.4, 0.5) is 0 Å². The molecule has 2 heterocycles. The SMILES string of the molecule is CC1(C)C(=O)c2ccsc2-c2sc(Br)cc21. The van der Waals surface area contributed by atoms with Gasteiger partial charge in [0.05, 0.1) is 19.0 Å². The molecular formula is C12H9BrOS2. The molecule has 0 aromatic carbocycles. The second kappa shape index (κ2) is 3.28. The first-order chi connectivity index (χ1) is 7.51. The third-order valence-electron chi connectivity index (χ3n) is 3.06. The summed E-state index contributed by atoms with van der Waals surface area (Å²) in [5.41, 5.74) is 1.65. The molecule has 1 aliphatic rings. The van der Waals surface area contributed by atoms with Crippen LogP contribution in [0, 0.1) is 0 Å². The van der Waals surface area contributed by atoms with E-state index in [4.69, 9.17) is 0 Å². The molecule has 1 aliphatic carbocycles. The minimum Gasteiger partial charge on any atom is -0.293 e. The van der Waals surface area contributed by atoms with Gasteiger partial charge in [-0.2, -0.15) is 0 Å². The van der Waals surface area contributed by atoms with E-state index in [-0.39, 0.29) is 5.78 Å². The molecule has 0 saturated heterocycles. The summed E-state index contributed by atoms with van der Waals surface area (Å²) >= 11 is 6.89. The molecule has 0 fully saturated rings. The van der Waals surface area contributed by atoms with Crippen LogP contribution in [0.2, 0.25) is 0 Å². The molecule has 2 aromatic rings. The van der Waals surface area contributed by atoms with E-state index in [1.165, 1.54) is 4.88 Å². The van der Waals surface area contributed by atoms with E-state index in [0.717, 1.165) is 19.8 Å². The second-order valence-corrected chi connectivity index (χ2v) is 7.76. The number of hydrogen-bond acceptors (Lipinski definition) is 3. The minimum absolute atomic E-state index is 0.238. The summed E-state index contributed by atoms with van der Waals surface area (Å²) in [6, 6.07) is 4.03. The fraction of sp³-hybridized carbons (Fsp3) is 0.250. The summed E-state index contributed by atoms with van der Waals surface area (Å²) in [5, 5.41) is 2.00. The van der Waals surface area contributed by atoms with E-state index in [1.54, 1.807) is 22.7 Å². The molecule has 0 saturated carbocycles. The number of thiophene rings is 2. The van der Waals surface area contributed by atoms with Crippen molar-refractivity contribution in [1.82, 2.24) is 0 Å². The van der Waals surface area contributed by atoms with Gasteiger partial charge in [0.2, 0.25) is 0 Å². The standard InChI is InChI=1S/C12H9BrOS2/c1-12(2)7-5-8(13)16-10(7)9-6(11(12)14)3-4-15-9/h3-5H,1-2H3. The highest BCUT2D eigenvalue weighted by atomic mass is 79.9. The zero-order valence-corrected chi connectivity index (χ0v) is 12.1. The van der Waals surface area contributed by atoms with E-state index in [9.17, 15) is 4.79 Å². The van der Waals surface area contributed by atoms with Crippen LogP contribution in [0.1, 0.15) is 29.8 Å². The Balaban J connectivity index is 2.40. The number of carbonyl (C=O) groups excluding carboxylic acids is 1. The van der Waals surface area contributed by atoms with E-state index in [2.05, 4.69) is 22.0 Å². The quantitative estimate of drug-likeness (QED) is 0.688. The average molecular weight is 313 g/mol. The Kier molecular flexibility index (Phi) is 2.19. The van der Waals surface area contributed by atoms with E-state index in [1.807, 2.05) is 25.3 Å². The summed E-state index contributed by atoms with van der Waals surface area (Å²) in [4.78, 5) is 14.8. The Morgan fingerprint density at radius 1 is 1.31 bits per heavy atom. The first-order valence-electron chi connectivity index (χ1n) is 4.94. The van der Waals surface area contributed by atoms with Gasteiger partial charge < -0.3 is 0 Å². The van der Waals surface area contributed by atoms with Crippen LogP contribution in [-0.4, -0.2) is 5.78 Å². The van der Waals surface area contributed by atoms with Crippen LogP contribution in [0.15, 0.2) is 21.3 Å². The van der Waals surface area contributed by atoms with E-state index in [0.29, 0.717) is 0 Å². The van der Waals surface area contributed by atoms with Gasteiger partial charge in [0.15, 0.2) is 5.78 Å². The lowest BCUT2D eigenvalue weighted by atomic mass is 9.74. The lowest BCUT2D eigenvalue weighted by Crippen LogP contribution is -2.31. The number of rotatable bonds is 0. The molecule has 1 nitrogen and oxygen atoms in total. The molecule has 0 bridgehead atoms. The molecule has 16 heavy (non-hydrogen) atoms. The number of carbonyl (C=O) groups is 1. The molecule has 4 heteroatoms. The van der Waals surface area contributed by atoms with Crippen LogP contribution >= 0.6 is 38.6 Å². The number of halogens is 1. The largest absolute Gasteiger partial charge is 0.293 e. The molecule has 2 aromatic heterocycles. The first kappa shape index (κ1) is 10.7. The van der Waals surface area contributed by atoms with Gasteiger partial charge in [0, 0.05) is 5.56 Å². The lowest BCUT2D eigenvalue weighted by molar-refractivity contribution is 0.0907. The van der Waals surface area contributed by atoms with E-state index >= 15 is 0 Å². The smallest absolute Gasteiger partial charge is 0.174 e. The molecule has 0 aliphatic heterocycles. The number of fused-ring (bicyclic) bond motifs is 3. The highest BCUT2D eigenvalue weighted by Crippen LogP contribution is 2.50. The number of hydrogen-bond donors (Lipinski definition) is 0. The zero-order valence-electron chi connectivity index (χ0n) is 8.83.